The first-order chi connectivity index (χ1) is 56.0. The standard InChI is InChI=1S/C42H64N6O10.C34H57N5O10.C8H7N.CH3FS/c1-11-34-42(7)33(48(40(53)58-42)18-13-12-17-47-23-30(44-45-47)28-15-14-16-29(43)20-28)21-32(49)24(2)22-41(6,54-10)37(26(4)35(50)27(5)38(52)56-34)57-39-36(51)31(46(8)9)19-25(3)55-39;1-11-26-34(7)25(39(32(44)49-34)15-13-12-14-36-37-35)17-24(40)19(2)18-33(6,45-10)29(21(4)27(41)22(5)30(43)47-26)48-31-28(42)23(38(8)9)16-20(3)46-31;1-2-7-4-3-5-8(9)6-7;1-3-2/h14-16,20,23-27,31,33-34,36-37,39,51H,11-13,17-19,21-22,43H2,1-10H3;19-23,25-26,28-29,31,42H,11-18H2,1-10H3;1,3-6H,9H2;1H3/t24-,25?,26+,27-,31?,33-,34-,36?,37-,39+,41-,42+;19-,20?,21+,22-,23?,25-,26-,28?,29-,31+,33-,34+;;/m11../s1. The number of nitrogens with zero attached hydrogens (tertiary/aromatic N) is 10. The van der Waals surface area contributed by atoms with Crippen LogP contribution >= 0.6 is 12.1 Å². The van der Waals surface area contributed by atoms with Crippen LogP contribution in [0.15, 0.2) is 59.8 Å². The van der Waals surface area contributed by atoms with Crippen LogP contribution in [0.3, 0.4) is 0 Å². The van der Waals surface area contributed by atoms with Crippen molar-refractivity contribution in [1.29, 1.82) is 0 Å². The van der Waals surface area contributed by atoms with Crippen LogP contribution in [0.25, 0.3) is 21.7 Å². The van der Waals surface area contributed by atoms with Gasteiger partial charge in [0, 0.05) is 135 Å². The molecule has 6 N–H and O–H groups in total. The number of aliphatic hydroxyl groups is 2. The van der Waals surface area contributed by atoms with Crippen LogP contribution in [0, 0.1) is 47.9 Å². The summed E-state index contributed by atoms with van der Waals surface area (Å²) < 4.78 is 73.5. The van der Waals surface area contributed by atoms with Crippen molar-refractivity contribution in [2.24, 2.45) is 40.6 Å². The lowest BCUT2D eigenvalue weighted by atomic mass is 9.76. The van der Waals surface area contributed by atoms with E-state index in [0.717, 1.165) is 11.1 Å². The molecule has 24 atom stereocenters. The summed E-state index contributed by atoms with van der Waals surface area (Å²) in [5.74, 6) is -5.98. The fourth-order valence-electron chi connectivity index (χ4n) is 17.2. The molecule has 664 valence electrons. The van der Waals surface area contributed by atoms with Crippen molar-refractivity contribution in [3.63, 3.8) is 0 Å². The Morgan fingerprint density at radius 2 is 1.08 bits per heavy atom. The fourth-order valence-corrected chi connectivity index (χ4v) is 17.2. The molecule has 0 bridgehead atoms. The summed E-state index contributed by atoms with van der Waals surface area (Å²) in [6, 6.07) is 12.5. The van der Waals surface area contributed by atoms with Crippen molar-refractivity contribution in [1.82, 2.24) is 34.6 Å². The molecule has 0 radical (unpaired) electrons. The molecule has 6 aliphatic heterocycles. The number of unbranched alkanes of at least 4 members (excludes halogenated alkanes) is 2. The van der Waals surface area contributed by atoms with Crippen molar-refractivity contribution >= 4 is 70.8 Å². The molecule has 119 heavy (non-hydrogen) atoms. The minimum Gasteiger partial charge on any atom is -0.458 e. The van der Waals surface area contributed by atoms with Crippen molar-refractivity contribution in [3.8, 4) is 23.6 Å². The fraction of sp³-hybridized carbons (Fsp3) is 0.718. The van der Waals surface area contributed by atoms with Crippen LogP contribution in [-0.4, -0.2) is 268 Å². The van der Waals surface area contributed by atoms with Gasteiger partial charge in [0.05, 0.1) is 53.9 Å². The monoisotopic (exact) mass is 1690 g/mol. The van der Waals surface area contributed by atoms with Gasteiger partial charge in [0.1, 0.15) is 53.5 Å². The van der Waals surface area contributed by atoms with Gasteiger partial charge >= 0.3 is 24.1 Å². The molecule has 6 fully saturated rings. The molecule has 9 rings (SSSR count). The number of rotatable bonds is 21. The number of cyclic esters (lactones) is 2. The van der Waals surface area contributed by atoms with Gasteiger partial charge in [-0.1, -0.05) is 76.0 Å². The molecule has 2 amide bonds. The van der Waals surface area contributed by atoms with Gasteiger partial charge in [-0.25, -0.2) is 9.59 Å². The predicted molar refractivity (Wildman–Crippen MR) is 446 cm³/mol. The number of halogens is 1. The lowest BCUT2D eigenvalue weighted by Gasteiger charge is -2.46. The van der Waals surface area contributed by atoms with E-state index in [2.05, 4.69) is 26.3 Å². The Labute approximate surface area is 705 Å². The summed E-state index contributed by atoms with van der Waals surface area (Å²) in [7, 11) is 10.4. The van der Waals surface area contributed by atoms with Crippen LogP contribution in [0.2, 0.25) is 0 Å². The van der Waals surface area contributed by atoms with Crippen LogP contribution in [0.1, 0.15) is 180 Å². The topological polar surface area (TPSA) is 414 Å². The van der Waals surface area contributed by atoms with Gasteiger partial charge in [0.15, 0.2) is 35.3 Å². The number of esters is 2. The highest BCUT2D eigenvalue weighted by molar-refractivity contribution is 7.93. The number of carbonyl (C=O) groups excluding carboxylic acids is 8. The van der Waals surface area contributed by atoms with Crippen LogP contribution in [-0.2, 0) is 82.7 Å². The summed E-state index contributed by atoms with van der Waals surface area (Å²) in [6.45, 7) is 25.4. The van der Waals surface area contributed by atoms with E-state index in [1.165, 1.54) is 39.2 Å². The Bertz CT molecular complexity index is 3980. The van der Waals surface area contributed by atoms with Gasteiger partial charge < -0.3 is 88.6 Å². The van der Waals surface area contributed by atoms with E-state index in [1.54, 1.807) is 97.0 Å². The number of Topliss-reactive ketones (excluding diaryl/α,β-unsaturated/α-hetero) is 4. The quantitative estimate of drug-likeness (QED) is 0.00885. The van der Waals surface area contributed by atoms with E-state index >= 15 is 0 Å². The number of nitrogen functional groups attached to an aromatic ring is 2. The van der Waals surface area contributed by atoms with Crippen molar-refractivity contribution in [2.75, 3.05) is 79.8 Å². The van der Waals surface area contributed by atoms with Gasteiger partial charge in [-0.3, -0.25) is 33.4 Å². The first-order valence-electron chi connectivity index (χ1n) is 41.2. The Morgan fingerprint density at radius 1 is 0.664 bits per heavy atom. The van der Waals surface area contributed by atoms with Gasteiger partial charge in [-0.15, -0.1) is 11.5 Å². The number of aliphatic hydroxyl groups excluding tert-OH is 2. The molecular formula is C85H131FN12O20S. The summed E-state index contributed by atoms with van der Waals surface area (Å²) in [5, 5.41) is 34.8. The first-order valence-corrected chi connectivity index (χ1v) is 42.3. The lowest BCUT2D eigenvalue weighted by molar-refractivity contribution is -0.295. The molecule has 3 aromatic rings. The third-order valence-corrected chi connectivity index (χ3v) is 24.4. The molecule has 0 spiro atoms. The van der Waals surface area contributed by atoms with E-state index in [-0.39, 0.29) is 106 Å². The average molecular weight is 1690 g/mol. The number of amides is 2. The van der Waals surface area contributed by atoms with E-state index < -0.39 is 155 Å². The van der Waals surface area contributed by atoms with Crippen molar-refractivity contribution in [3.05, 3.63) is 70.7 Å². The Morgan fingerprint density at radius 3 is 1.45 bits per heavy atom. The zero-order valence-corrected chi connectivity index (χ0v) is 74.1. The number of ether oxygens (including phenoxy) is 10. The number of benzene rings is 2. The largest absolute Gasteiger partial charge is 0.458 e. The number of aromatic nitrogens is 3. The predicted octanol–water partition coefficient (Wildman–Crippen LogP) is 10.8. The van der Waals surface area contributed by atoms with Crippen molar-refractivity contribution < 1.29 is 99.8 Å². The van der Waals surface area contributed by atoms with E-state index in [0.29, 0.717) is 62.1 Å². The molecule has 0 saturated carbocycles. The Balaban J connectivity index is 0.000000327. The number of fused-ring (bicyclic) bond motifs is 2. The van der Waals surface area contributed by atoms with Gasteiger partial charge in [-0.05, 0) is 184 Å². The molecular weight excluding hydrogens is 1560 g/mol. The average Bonchev–Trinajstić information content (AvgIpc) is 1.66. The van der Waals surface area contributed by atoms with E-state index in [1.807, 2.05) is 88.4 Å². The van der Waals surface area contributed by atoms with Crippen LogP contribution in [0.5, 0.6) is 0 Å². The van der Waals surface area contributed by atoms with E-state index in [9.17, 15) is 52.5 Å². The second-order valence-electron chi connectivity index (χ2n) is 33.6. The number of hydrogen-bond acceptors (Lipinski definition) is 28. The number of terminal acetylenes is 1. The highest BCUT2D eigenvalue weighted by Gasteiger charge is 2.61. The molecule has 6 aliphatic rings. The summed E-state index contributed by atoms with van der Waals surface area (Å²) in [4.78, 5) is 121. The second kappa shape index (κ2) is 44.8. The molecule has 2 aromatic carbocycles. The number of carbonyl (C=O) groups is 8. The number of hydrogen-bond donors (Lipinski definition) is 4. The molecule has 7 heterocycles. The molecule has 34 heteroatoms. The van der Waals surface area contributed by atoms with Crippen molar-refractivity contribution in [2.45, 2.75) is 289 Å². The first kappa shape index (κ1) is 99.9. The van der Waals surface area contributed by atoms with Crippen LogP contribution in [0.4, 0.5) is 24.8 Å². The number of anilines is 2. The minimum absolute atomic E-state index is 0.0774. The summed E-state index contributed by atoms with van der Waals surface area (Å²) in [5.41, 5.74) is 18.4. The minimum atomic E-state index is -1.39. The molecule has 6 saturated heterocycles. The molecule has 1 aromatic heterocycles. The number of methoxy groups -OCH3 is 2. The molecule has 0 aliphatic carbocycles. The van der Waals surface area contributed by atoms with E-state index in [4.69, 9.17) is 70.8 Å². The Kier molecular flexibility index (Phi) is 37.6. The highest BCUT2D eigenvalue weighted by Crippen LogP contribution is 2.45. The van der Waals surface area contributed by atoms with Crippen LogP contribution < -0.4 is 11.5 Å². The highest BCUT2D eigenvalue weighted by atomic mass is 32.2. The SMILES string of the molecule is C#Cc1cccc(N)c1.CC[C@H]1OC(=O)[C@H](C)C(=O)[C@H](C)[C@@H](O[C@@H]2OC(C)CC(N(C)C)C2O)[C@](C)(OC)C[C@@H](C)C(=O)C[C@H]2N(CCCCN=[N+]=[N-])C(=O)O[C@]12C.CC[C@H]1OC(=O)[C@H](C)C(=O)[C@H](C)[C@@H](O[C@@H]2OC(C)CC(N(C)C)C2O)[C@](C)(OC)C[C@@H](C)C(=O)C[C@H]2N(CCCCn3cc(-c4cccc(N)c4)nn3)C(=O)O[C@]12C.CSF. The number of ketones is 4. The van der Waals surface area contributed by atoms with Gasteiger partial charge in [0.2, 0.25) is 0 Å². The number of aryl methyl sites for hydroxylation is 1. The smallest absolute Gasteiger partial charge is 0.410 e. The second-order valence-corrected chi connectivity index (χ2v) is 34.0. The lowest BCUT2D eigenvalue weighted by Crippen LogP contribution is -2.59. The maximum absolute atomic E-state index is 14.4. The summed E-state index contributed by atoms with van der Waals surface area (Å²) >= 11 is 0.250. The number of azide groups is 1. The molecule has 32 nitrogen and oxygen atoms in total. The normalized spacial score (nSPS) is 34.3. The zero-order valence-electron chi connectivity index (χ0n) is 73.3. The third kappa shape index (κ3) is 24.9. The third-order valence-electron chi connectivity index (χ3n) is 24.4. The molecule has 6 unspecified atom stereocenters. The number of likely N-dealkylation sites (N-methyl/N-ethyl adjacent to an activating group) is 2. The zero-order chi connectivity index (χ0) is 88.9. The van der Waals surface area contributed by atoms with Gasteiger partial charge in [0.25, 0.3) is 0 Å². The maximum Gasteiger partial charge on any atom is 0.410 e. The maximum atomic E-state index is 14.4. The summed E-state index contributed by atoms with van der Waals surface area (Å²) in [6.07, 6.45) is 2.19. The number of nitrogens with two attached hydrogens (primary N) is 2. The Hall–Kier alpha value is -7.91. The van der Waals surface area contributed by atoms with Gasteiger partial charge in [-0.2, -0.15) is 3.89 Å².